The highest BCUT2D eigenvalue weighted by atomic mass is 19.2. The largest absolute Gasteiger partial charge is 0.494 e. The molecule has 0 saturated heterocycles. The second-order valence-corrected chi connectivity index (χ2v) is 4.13. The molecule has 0 aliphatic rings. The van der Waals surface area contributed by atoms with Gasteiger partial charge >= 0.3 is 0 Å². The molecule has 0 aliphatic heterocycles. The zero-order chi connectivity index (χ0) is 16.6. The fourth-order valence-electron chi connectivity index (χ4n) is 1.79. The summed E-state index contributed by atoms with van der Waals surface area (Å²) < 4.78 is 97.8. The minimum absolute atomic E-state index is 0.0181. The van der Waals surface area contributed by atoms with Crippen LogP contribution in [0.5, 0.6) is 5.75 Å². The van der Waals surface area contributed by atoms with Crippen LogP contribution >= 0.6 is 0 Å². The summed E-state index contributed by atoms with van der Waals surface area (Å²) in [7, 11) is 1.19. The third-order valence-corrected chi connectivity index (χ3v) is 2.80. The van der Waals surface area contributed by atoms with Crippen LogP contribution in [0.25, 0.3) is 0 Å². The van der Waals surface area contributed by atoms with Gasteiger partial charge in [-0.15, -0.1) is 0 Å². The summed E-state index contributed by atoms with van der Waals surface area (Å²) in [6.07, 6.45) is 0. The molecule has 0 atom stereocenters. The van der Waals surface area contributed by atoms with Gasteiger partial charge in [-0.2, -0.15) is 0 Å². The minimum atomic E-state index is -2.01. The summed E-state index contributed by atoms with van der Waals surface area (Å²) in [5.41, 5.74) is -2.19. The normalized spacial score (nSPS) is 10.7. The van der Waals surface area contributed by atoms with Gasteiger partial charge in [0.1, 0.15) is 5.82 Å². The van der Waals surface area contributed by atoms with E-state index >= 15 is 0 Å². The van der Waals surface area contributed by atoms with Crippen molar-refractivity contribution in [3.05, 3.63) is 52.9 Å². The monoisotopic (exact) mass is 321 g/mol. The molecule has 0 N–H and O–H groups in total. The summed E-state index contributed by atoms with van der Waals surface area (Å²) in [6, 6.07) is 0.188. The maximum Gasteiger partial charge on any atom is 0.208 e. The molecule has 22 heavy (non-hydrogen) atoms. The van der Waals surface area contributed by atoms with E-state index in [1.165, 1.54) is 0 Å². The zero-order valence-electron chi connectivity index (χ0n) is 10.8. The van der Waals surface area contributed by atoms with Crippen LogP contribution in [0.2, 0.25) is 0 Å². The quantitative estimate of drug-likeness (QED) is 0.365. The lowest BCUT2D eigenvalue weighted by Gasteiger charge is -2.12. The Hall–Kier alpha value is -2.19. The highest BCUT2D eigenvalue weighted by Crippen LogP contribution is 2.18. The molecular formula is C13H5BF7O. The summed E-state index contributed by atoms with van der Waals surface area (Å²) in [5.74, 6) is -12.9. The summed E-state index contributed by atoms with van der Waals surface area (Å²) in [5, 5.41) is 0. The Morgan fingerprint density at radius 3 is 1.82 bits per heavy atom. The van der Waals surface area contributed by atoms with Gasteiger partial charge in [0.2, 0.25) is 7.28 Å². The second kappa shape index (κ2) is 5.90. The van der Waals surface area contributed by atoms with Gasteiger partial charge in [-0.25, -0.2) is 30.7 Å². The van der Waals surface area contributed by atoms with Gasteiger partial charge in [0, 0.05) is 17.6 Å². The molecule has 1 radical (unpaired) electrons. The molecule has 2 aromatic carbocycles. The Kier molecular flexibility index (Phi) is 4.34. The van der Waals surface area contributed by atoms with Crippen molar-refractivity contribution in [1.29, 1.82) is 0 Å². The third-order valence-electron chi connectivity index (χ3n) is 2.80. The van der Waals surface area contributed by atoms with Crippen molar-refractivity contribution in [3.8, 4) is 5.75 Å². The van der Waals surface area contributed by atoms with Crippen LogP contribution in [0.1, 0.15) is 0 Å². The number of ether oxygens (including phenoxy) is 1. The molecule has 0 aliphatic carbocycles. The van der Waals surface area contributed by atoms with Gasteiger partial charge in [-0.05, 0) is 5.46 Å². The molecule has 0 spiro atoms. The highest BCUT2D eigenvalue weighted by Gasteiger charge is 2.26. The lowest BCUT2D eigenvalue weighted by Crippen LogP contribution is -2.37. The predicted molar refractivity (Wildman–Crippen MR) is 64.2 cm³/mol. The second-order valence-electron chi connectivity index (χ2n) is 4.13. The van der Waals surface area contributed by atoms with Gasteiger partial charge < -0.3 is 4.74 Å². The predicted octanol–water partition coefficient (Wildman–Crippen LogP) is 2.32. The van der Waals surface area contributed by atoms with Crippen molar-refractivity contribution < 1.29 is 35.5 Å². The van der Waals surface area contributed by atoms with Crippen molar-refractivity contribution in [2.24, 2.45) is 0 Å². The Morgan fingerprint density at radius 1 is 0.682 bits per heavy atom. The van der Waals surface area contributed by atoms with Crippen LogP contribution in [0.3, 0.4) is 0 Å². The summed E-state index contributed by atoms with van der Waals surface area (Å²) in [6.45, 7) is 0. The van der Waals surface area contributed by atoms with E-state index < -0.39 is 57.4 Å². The van der Waals surface area contributed by atoms with E-state index in [-0.39, 0.29) is 19.4 Å². The Labute approximate surface area is 120 Å². The van der Waals surface area contributed by atoms with Crippen molar-refractivity contribution in [2.75, 3.05) is 7.11 Å². The molecule has 0 aromatic heterocycles. The molecule has 0 saturated carbocycles. The first kappa shape index (κ1) is 16.2. The standard InChI is InChI=1S/C13H5BF7O/c1-22-13-7(18)3-5(16)10(19)9(13)14-8-4(15)2-6(17)11(20)12(8)21/h2-3H,1H3. The first-order valence-electron chi connectivity index (χ1n) is 5.67. The average molecular weight is 321 g/mol. The molecule has 0 bridgehead atoms. The first-order chi connectivity index (χ1) is 10.3. The van der Waals surface area contributed by atoms with Crippen LogP contribution in [-0.4, -0.2) is 14.4 Å². The maximum atomic E-state index is 13.7. The zero-order valence-corrected chi connectivity index (χ0v) is 10.8. The van der Waals surface area contributed by atoms with Gasteiger partial charge in [0.05, 0.1) is 7.11 Å². The summed E-state index contributed by atoms with van der Waals surface area (Å²) >= 11 is 0. The topological polar surface area (TPSA) is 9.23 Å². The molecule has 9 heteroatoms. The van der Waals surface area contributed by atoms with Gasteiger partial charge in [-0.3, -0.25) is 0 Å². The SMILES string of the molecule is COc1c(F)cc(F)c(F)c1[B]c1c(F)cc(F)c(F)c1F. The van der Waals surface area contributed by atoms with E-state index in [0.717, 1.165) is 7.11 Å². The minimum Gasteiger partial charge on any atom is -0.494 e. The number of methoxy groups -OCH3 is 1. The molecule has 0 heterocycles. The summed E-state index contributed by atoms with van der Waals surface area (Å²) in [4.78, 5) is 0. The van der Waals surface area contributed by atoms with Gasteiger partial charge in [0.15, 0.2) is 40.7 Å². The fourth-order valence-corrected chi connectivity index (χ4v) is 1.79. The van der Waals surface area contributed by atoms with Gasteiger partial charge in [-0.1, -0.05) is 0 Å². The van der Waals surface area contributed by atoms with E-state index in [1.807, 2.05) is 0 Å². The molecule has 0 unspecified atom stereocenters. The van der Waals surface area contributed by atoms with E-state index in [1.54, 1.807) is 0 Å². The average Bonchev–Trinajstić information content (AvgIpc) is 2.46. The molecule has 2 aromatic rings. The molecule has 115 valence electrons. The van der Waals surface area contributed by atoms with Crippen molar-refractivity contribution in [3.63, 3.8) is 0 Å². The van der Waals surface area contributed by atoms with Crippen LogP contribution in [0, 0.1) is 40.7 Å². The van der Waals surface area contributed by atoms with Crippen molar-refractivity contribution in [2.45, 2.75) is 0 Å². The maximum absolute atomic E-state index is 13.7. The molecule has 0 fully saturated rings. The van der Waals surface area contributed by atoms with Crippen LogP contribution in [-0.2, 0) is 0 Å². The third kappa shape index (κ3) is 2.62. The Balaban J connectivity index is 2.64. The number of halogens is 7. The van der Waals surface area contributed by atoms with E-state index in [0.29, 0.717) is 0 Å². The molecular weight excluding hydrogens is 316 g/mol. The lowest BCUT2D eigenvalue weighted by molar-refractivity contribution is 0.381. The molecule has 0 amide bonds. The van der Waals surface area contributed by atoms with Gasteiger partial charge in [0.25, 0.3) is 0 Å². The first-order valence-corrected chi connectivity index (χ1v) is 5.67. The number of rotatable bonds is 3. The Morgan fingerprint density at radius 2 is 1.23 bits per heavy atom. The lowest BCUT2D eigenvalue weighted by atomic mass is 9.62. The number of hydrogen-bond donors (Lipinski definition) is 0. The highest BCUT2D eigenvalue weighted by molar-refractivity contribution is 6.68. The molecule has 2 rings (SSSR count). The van der Waals surface area contributed by atoms with Crippen LogP contribution in [0.4, 0.5) is 30.7 Å². The fraction of sp³-hybridized carbons (Fsp3) is 0.0769. The van der Waals surface area contributed by atoms with Crippen molar-refractivity contribution >= 4 is 18.2 Å². The van der Waals surface area contributed by atoms with E-state index in [4.69, 9.17) is 0 Å². The van der Waals surface area contributed by atoms with E-state index in [9.17, 15) is 30.7 Å². The number of benzene rings is 2. The number of hydrogen-bond acceptors (Lipinski definition) is 1. The Bertz CT molecular complexity index is 748. The molecule has 1 nitrogen and oxygen atoms in total. The van der Waals surface area contributed by atoms with Crippen molar-refractivity contribution in [1.82, 2.24) is 0 Å². The van der Waals surface area contributed by atoms with Crippen LogP contribution in [0.15, 0.2) is 12.1 Å². The van der Waals surface area contributed by atoms with E-state index in [2.05, 4.69) is 4.74 Å². The van der Waals surface area contributed by atoms with Crippen LogP contribution < -0.4 is 15.7 Å². The smallest absolute Gasteiger partial charge is 0.208 e.